The smallest absolute Gasteiger partial charge is 0.409 e. The number of amides is 1. The predicted molar refractivity (Wildman–Crippen MR) is 144 cm³/mol. The summed E-state index contributed by atoms with van der Waals surface area (Å²) in [4.78, 5) is 17.9. The summed E-state index contributed by atoms with van der Waals surface area (Å²) < 4.78 is 40.5. The number of fused-ring (bicyclic) bond motifs is 4. The first kappa shape index (κ1) is 25.7. The third-order valence-electron chi connectivity index (χ3n) is 7.23. The topological polar surface area (TPSA) is 108 Å². The molecule has 0 aliphatic carbocycles. The first-order valence-electron chi connectivity index (χ1n) is 12.1. The van der Waals surface area contributed by atoms with E-state index < -0.39 is 18.1 Å². The molecule has 12 heteroatoms. The van der Waals surface area contributed by atoms with Crippen LogP contribution in [0.15, 0.2) is 24.3 Å². The molecule has 4 heterocycles. The molecule has 6 rings (SSSR count). The minimum atomic E-state index is -1.36. The second kappa shape index (κ2) is 9.88. The number of alkyl halides is 1. The van der Waals surface area contributed by atoms with Crippen molar-refractivity contribution in [1.29, 1.82) is 5.26 Å². The number of rotatable bonds is 5. The van der Waals surface area contributed by atoms with Crippen molar-refractivity contribution < 1.29 is 28.2 Å². The Balaban J connectivity index is 1.51. The van der Waals surface area contributed by atoms with Crippen molar-refractivity contribution in [1.82, 2.24) is 9.88 Å². The van der Waals surface area contributed by atoms with Gasteiger partial charge in [-0.1, -0.05) is 17.7 Å². The molecule has 2 N–H and O–H groups in total. The molecule has 0 spiro atoms. The number of nitrogens with one attached hydrogen (secondary N) is 1. The summed E-state index contributed by atoms with van der Waals surface area (Å²) in [5.74, 6) is -0.255. The molecule has 2 aromatic carbocycles. The number of ether oxygens (including phenoxy) is 2. The van der Waals surface area contributed by atoms with E-state index in [1.54, 1.807) is 6.07 Å². The van der Waals surface area contributed by atoms with Gasteiger partial charge in [-0.05, 0) is 42.3 Å². The van der Waals surface area contributed by atoms with Crippen LogP contribution in [0.25, 0.3) is 32.1 Å². The third kappa shape index (κ3) is 4.33. The summed E-state index contributed by atoms with van der Waals surface area (Å²) in [7, 11) is 1.86. The van der Waals surface area contributed by atoms with E-state index in [4.69, 9.17) is 21.1 Å². The van der Waals surface area contributed by atoms with E-state index in [0.717, 1.165) is 27.8 Å². The normalized spacial score (nSPS) is 18.9. The van der Waals surface area contributed by atoms with E-state index >= 15 is 0 Å². The predicted octanol–water partition coefficient (Wildman–Crippen LogP) is 6.32. The van der Waals surface area contributed by atoms with Crippen LogP contribution < -0.4 is 10.1 Å². The molecule has 4 aromatic rings. The van der Waals surface area contributed by atoms with E-state index in [9.17, 15) is 23.9 Å². The molecule has 0 radical (unpaired) electrons. The lowest BCUT2D eigenvalue weighted by atomic mass is 9.91. The van der Waals surface area contributed by atoms with Crippen LogP contribution >= 0.6 is 22.9 Å². The van der Waals surface area contributed by atoms with E-state index in [1.807, 2.05) is 24.1 Å². The molecule has 0 unspecified atom stereocenters. The number of hydrogen-bond donors (Lipinski definition) is 2. The Bertz CT molecular complexity index is 1710. The van der Waals surface area contributed by atoms with Gasteiger partial charge in [-0.25, -0.2) is 18.6 Å². The standard InChI is InChI=1S/C27H21ClF2N4O4S/c1-34-8-12(29)6-13(34)9-38-20-5-3-14-17-10-37-11-18(17)21(23(28)24(14)32-20)15-2-4-19(30)25-22(15)16(7-31)26(39-25)33-27(35)36/h2-5,12-13,33H,6,8-11H2,1H3,(H,35,36)/t12-,13+/m1/s1. The quantitative estimate of drug-likeness (QED) is 0.289. The van der Waals surface area contributed by atoms with Crippen LogP contribution in [0.4, 0.5) is 18.6 Å². The Hall–Kier alpha value is -3.56. The van der Waals surface area contributed by atoms with Crippen LogP contribution in [-0.4, -0.2) is 53.5 Å². The number of nitriles is 1. The van der Waals surface area contributed by atoms with E-state index in [2.05, 4.69) is 10.3 Å². The summed E-state index contributed by atoms with van der Waals surface area (Å²) in [5.41, 5.74) is 3.13. The van der Waals surface area contributed by atoms with Crippen molar-refractivity contribution in [2.75, 3.05) is 25.5 Å². The Morgan fingerprint density at radius 2 is 2.15 bits per heavy atom. The van der Waals surface area contributed by atoms with Gasteiger partial charge in [0.15, 0.2) is 0 Å². The number of aromatic nitrogens is 1. The highest BCUT2D eigenvalue weighted by atomic mass is 35.5. The molecule has 1 amide bonds. The van der Waals surface area contributed by atoms with Gasteiger partial charge in [0.1, 0.15) is 29.7 Å². The highest BCUT2D eigenvalue weighted by Crippen LogP contribution is 2.48. The fourth-order valence-corrected chi connectivity index (χ4v) is 6.85. The molecule has 200 valence electrons. The molecule has 2 aromatic heterocycles. The highest BCUT2D eigenvalue weighted by Gasteiger charge is 2.31. The van der Waals surface area contributed by atoms with Crippen LogP contribution in [0.1, 0.15) is 23.1 Å². The fourth-order valence-electron chi connectivity index (χ4n) is 5.42. The monoisotopic (exact) mass is 570 g/mol. The SMILES string of the molecule is CN1C[C@H](F)C[C@H]1COc1ccc2c3c(c(-c4ccc(F)c5sc(NC(=O)O)c(C#N)c45)c(Cl)c2n1)COC3. The molecule has 0 bridgehead atoms. The molecular weight excluding hydrogens is 550 g/mol. The summed E-state index contributed by atoms with van der Waals surface area (Å²) in [5, 5.41) is 22.7. The van der Waals surface area contributed by atoms with Crippen molar-refractivity contribution in [2.45, 2.75) is 31.8 Å². The lowest BCUT2D eigenvalue weighted by Gasteiger charge is -2.19. The second-order valence-corrected chi connectivity index (χ2v) is 11.0. The van der Waals surface area contributed by atoms with E-state index in [-0.39, 0.29) is 44.9 Å². The van der Waals surface area contributed by atoms with Gasteiger partial charge < -0.3 is 14.6 Å². The Morgan fingerprint density at radius 1 is 1.36 bits per heavy atom. The summed E-state index contributed by atoms with van der Waals surface area (Å²) >= 11 is 7.86. The van der Waals surface area contributed by atoms with Gasteiger partial charge in [-0.15, -0.1) is 11.3 Å². The van der Waals surface area contributed by atoms with Crippen LogP contribution in [0.2, 0.25) is 5.02 Å². The number of anilines is 1. The molecule has 2 atom stereocenters. The lowest BCUT2D eigenvalue weighted by Crippen LogP contribution is -2.30. The molecule has 39 heavy (non-hydrogen) atoms. The molecule has 1 saturated heterocycles. The molecule has 8 nitrogen and oxygen atoms in total. The zero-order chi connectivity index (χ0) is 27.4. The van der Waals surface area contributed by atoms with Crippen molar-refractivity contribution in [3.63, 3.8) is 0 Å². The number of thiophene rings is 1. The van der Waals surface area contributed by atoms with Crippen LogP contribution in [-0.2, 0) is 18.0 Å². The summed E-state index contributed by atoms with van der Waals surface area (Å²) in [6.07, 6.45) is -1.86. The number of likely N-dealkylation sites (N-methyl/N-ethyl adjacent to an activating group) is 1. The highest BCUT2D eigenvalue weighted by molar-refractivity contribution is 7.23. The van der Waals surface area contributed by atoms with Gasteiger partial charge in [0.05, 0.1) is 34.0 Å². The average molecular weight is 571 g/mol. The van der Waals surface area contributed by atoms with Gasteiger partial charge in [-0.3, -0.25) is 10.2 Å². The van der Waals surface area contributed by atoms with E-state index in [1.165, 1.54) is 12.1 Å². The van der Waals surface area contributed by atoms with E-state index in [0.29, 0.717) is 42.1 Å². The molecule has 1 fully saturated rings. The zero-order valence-electron chi connectivity index (χ0n) is 20.6. The molecule has 0 saturated carbocycles. The first-order chi connectivity index (χ1) is 18.8. The second-order valence-electron chi connectivity index (χ2n) is 9.57. The van der Waals surface area contributed by atoms with Crippen LogP contribution in [0.5, 0.6) is 5.88 Å². The van der Waals surface area contributed by atoms with Gasteiger partial charge >= 0.3 is 6.09 Å². The summed E-state index contributed by atoms with van der Waals surface area (Å²) in [6.45, 7) is 1.20. The zero-order valence-corrected chi connectivity index (χ0v) is 22.1. The number of pyridine rings is 1. The Kier molecular flexibility index (Phi) is 6.51. The minimum absolute atomic E-state index is 0.00706. The number of carbonyl (C=O) groups is 1. The maximum atomic E-state index is 14.9. The summed E-state index contributed by atoms with van der Waals surface area (Å²) in [6, 6.07) is 8.36. The lowest BCUT2D eigenvalue weighted by molar-refractivity contribution is 0.135. The van der Waals surface area contributed by atoms with Crippen molar-refractivity contribution >= 4 is 55.0 Å². The van der Waals surface area contributed by atoms with Gasteiger partial charge in [0, 0.05) is 35.0 Å². The number of benzene rings is 2. The number of halogens is 3. The maximum absolute atomic E-state index is 14.9. The maximum Gasteiger partial charge on any atom is 0.409 e. The van der Waals surface area contributed by atoms with Gasteiger partial charge in [0.2, 0.25) is 5.88 Å². The molecule has 2 aliphatic heterocycles. The fraction of sp³-hybridized carbons (Fsp3) is 0.296. The molecular formula is C27H21ClF2N4O4S. The third-order valence-corrected chi connectivity index (χ3v) is 8.72. The number of carboxylic acid groups (broad SMARTS) is 1. The Morgan fingerprint density at radius 3 is 2.87 bits per heavy atom. The largest absolute Gasteiger partial charge is 0.476 e. The van der Waals surface area contributed by atoms with Crippen LogP contribution in [0, 0.1) is 17.1 Å². The molecule has 2 aliphatic rings. The average Bonchev–Trinajstić information content (AvgIpc) is 3.60. The number of hydrogen-bond acceptors (Lipinski definition) is 7. The van der Waals surface area contributed by atoms with Gasteiger partial charge in [-0.2, -0.15) is 5.26 Å². The van der Waals surface area contributed by atoms with Crippen LogP contribution in [0.3, 0.4) is 0 Å². The van der Waals surface area contributed by atoms with Crippen molar-refractivity contribution in [3.05, 3.63) is 51.8 Å². The van der Waals surface area contributed by atoms with Crippen molar-refractivity contribution in [2.24, 2.45) is 0 Å². The number of likely N-dealkylation sites (tertiary alicyclic amines) is 1. The minimum Gasteiger partial charge on any atom is -0.476 e. The van der Waals surface area contributed by atoms with Gasteiger partial charge in [0.25, 0.3) is 0 Å². The van der Waals surface area contributed by atoms with Crippen molar-refractivity contribution in [3.8, 4) is 23.1 Å². The number of nitrogens with zero attached hydrogens (tertiary/aromatic N) is 3. The first-order valence-corrected chi connectivity index (χ1v) is 13.3. The Labute approximate surface area is 230 Å².